The largest absolute Gasteiger partial charge is 0.390 e. The summed E-state index contributed by atoms with van der Waals surface area (Å²) in [5, 5.41) is 22.7. The van der Waals surface area contributed by atoms with Crippen LogP contribution in [0.2, 0.25) is 0 Å². The fourth-order valence-corrected chi connectivity index (χ4v) is 1.95. The Hall–Kier alpha value is -2.54. The van der Waals surface area contributed by atoms with Crippen molar-refractivity contribution in [2.24, 2.45) is 10.6 Å². The van der Waals surface area contributed by atoms with Crippen LogP contribution >= 0.6 is 0 Å². The molecule has 0 amide bonds. The Kier molecular flexibility index (Phi) is 6.58. The molecule has 0 aliphatic carbocycles. The molecule has 0 N–H and O–H groups in total. The highest BCUT2D eigenvalue weighted by Crippen LogP contribution is 2.34. The van der Waals surface area contributed by atoms with Gasteiger partial charge in [-0.15, -0.1) is 0 Å². The van der Waals surface area contributed by atoms with Crippen molar-refractivity contribution in [3.63, 3.8) is 0 Å². The van der Waals surface area contributed by atoms with E-state index < -0.39 is 30.0 Å². The standard InChI is InChI=1S/C18H20F3N3O/c1-16(2,3)25-24-15(14-7-5-4-6-8-14)11-17(12-22,13-23)9-10-18(19,20)21/h4-8H,9-11H2,1-3H3. The summed E-state index contributed by atoms with van der Waals surface area (Å²) < 4.78 is 37.6. The molecule has 0 aliphatic rings. The lowest BCUT2D eigenvalue weighted by atomic mass is 9.80. The molecule has 0 fully saturated rings. The molecule has 134 valence electrons. The van der Waals surface area contributed by atoms with Gasteiger partial charge in [0.05, 0.1) is 17.9 Å². The SMILES string of the molecule is CC(C)(C)ON=C(CC(C#N)(C#N)CCC(F)(F)F)c1ccccc1. The van der Waals surface area contributed by atoms with Gasteiger partial charge < -0.3 is 4.84 Å². The Balaban J connectivity index is 3.17. The van der Waals surface area contributed by atoms with Crippen molar-refractivity contribution in [2.45, 2.75) is 51.8 Å². The van der Waals surface area contributed by atoms with Crippen LogP contribution in [-0.4, -0.2) is 17.5 Å². The lowest BCUT2D eigenvalue weighted by Gasteiger charge is -2.22. The first-order chi connectivity index (χ1) is 11.5. The van der Waals surface area contributed by atoms with Gasteiger partial charge in [0.2, 0.25) is 0 Å². The Labute approximate surface area is 145 Å². The quantitative estimate of drug-likeness (QED) is 0.536. The third kappa shape index (κ3) is 7.26. The topological polar surface area (TPSA) is 69.2 Å². The smallest absolute Gasteiger partial charge is 0.389 e. The van der Waals surface area contributed by atoms with Gasteiger partial charge >= 0.3 is 6.18 Å². The summed E-state index contributed by atoms with van der Waals surface area (Å²) in [5.41, 5.74) is -1.59. The van der Waals surface area contributed by atoms with Crippen LogP contribution < -0.4 is 0 Å². The number of rotatable bonds is 6. The van der Waals surface area contributed by atoms with Crippen LogP contribution in [0.4, 0.5) is 13.2 Å². The van der Waals surface area contributed by atoms with Gasteiger partial charge in [0.25, 0.3) is 0 Å². The first kappa shape index (κ1) is 20.5. The normalized spacial score (nSPS) is 13.0. The molecule has 0 aromatic heterocycles. The summed E-state index contributed by atoms with van der Waals surface area (Å²) in [6.45, 7) is 5.31. The van der Waals surface area contributed by atoms with E-state index >= 15 is 0 Å². The minimum absolute atomic E-state index is 0.254. The van der Waals surface area contributed by atoms with Gasteiger partial charge in [0, 0.05) is 12.8 Å². The van der Waals surface area contributed by atoms with Gasteiger partial charge in [-0.1, -0.05) is 35.5 Å². The maximum Gasteiger partial charge on any atom is 0.389 e. The van der Waals surface area contributed by atoms with Gasteiger partial charge in [0.15, 0.2) is 0 Å². The second-order valence-electron chi connectivity index (χ2n) is 6.71. The van der Waals surface area contributed by atoms with Crippen molar-refractivity contribution in [1.82, 2.24) is 0 Å². The Morgan fingerprint density at radius 1 is 1.04 bits per heavy atom. The van der Waals surface area contributed by atoms with Crippen LogP contribution in [0.1, 0.15) is 45.6 Å². The minimum Gasteiger partial charge on any atom is -0.390 e. The van der Waals surface area contributed by atoms with Crippen LogP contribution in [0.25, 0.3) is 0 Å². The molecule has 0 saturated heterocycles. The molecule has 0 radical (unpaired) electrons. The van der Waals surface area contributed by atoms with Crippen LogP contribution in [-0.2, 0) is 4.84 Å². The molecule has 0 atom stereocenters. The summed E-state index contributed by atoms with van der Waals surface area (Å²) in [6.07, 6.45) is -6.53. The molecule has 0 saturated carbocycles. The van der Waals surface area contributed by atoms with E-state index in [0.29, 0.717) is 5.56 Å². The van der Waals surface area contributed by atoms with Crippen LogP contribution in [0.15, 0.2) is 35.5 Å². The second kappa shape index (κ2) is 8.02. The summed E-state index contributed by atoms with van der Waals surface area (Å²) in [6, 6.07) is 12.1. The van der Waals surface area contributed by atoms with Crippen molar-refractivity contribution in [1.29, 1.82) is 10.5 Å². The Morgan fingerprint density at radius 2 is 1.60 bits per heavy atom. The molecular formula is C18H20F3N3O. The lowest BCUT2D eigenvalue weighted by Crippen LogP contribution is -2.25. The first-order valence-electron chi connectivity index (χ1n) is 7.70. The number of oxime groups is 1. The number of nitrogens with zero attached hydrogens (tertiary/aromatic N) is 3. The van der Waals surface area contributed by atoms with Crippen LogP contribution in [0, 0.1) is 28.1 Å². The number of hydrogen-bond donors (Lipinski definition) is 0. The molecule has 25 heavy (non-hydrogen) atoms. The molecule has 1 aromatic carbocycles. The van der Waals surface area contributed by atoms with E-state index in [0.717, 1.165) is 0 Å². The third-order valence-corrected chi connectivity index (χ3v) is 3.27. The summed E-state index contributed by atoms with van der Waals surface area (Å²) in [7, 11) is 0. The van der Waals surface area contributed by atoms with Gasteiger partial charge in [-0.05, 0) is 32.8 Å². The van der Waals surface area contributed by atoms with Gasteiger partial charge in [-0.25, -0.2) is 0 Å². The van der Waals surface area contributed by atoms with Crippen molar-refractivity contribution in [2.75, 3.05) is 0 Å². The van der Waals surface area contributed by atoms with Crippen molar-refractivity contribution < 1.29 is 18.0 Å². The average molecular weight is 351 g/mol. The van der Waals surface area contributed by atoms with Crippen molar-refractivity contribution in [3.8, 4) is 12.1 Å². The van der Waals surface area contributed by atoms with E-state index in [-0.39, 0.29) is 12.1 Å². The van der Waals surface area contributed by atoms with E-state index in [9.17, 15) is 23.7 Å². The number of halogens is 3. The average Bonchev–Trinajstić information content (AvgIpc) is 2.54. The third-order valence-electron chi connectivity index (χ3n) is 3.27. The molecular weight excluding hydrogens is 331 g/mol. The highest BCUT2D eigenvalue weighted by molar-refractivity contribution is 6.01. The molecule has 7 heteroatoms. The summed E-state index contributed by atoms with van der Waals surface area (Å²) >= 11 is 0. The Morgan fingerprint density at radius 3 is 2.04 bits per heavy atom. The highest BCUT2D eigenvalue weighted by atomic mass is 19.4. The van der Waals surface area contributed by atoms with Gasteiger partial charge in [-0.3, -0.25) is 0 Å². The number of nitriles is 2. The number of hydrogen-bond acceptors (Lipinski definition) is 4. The molecule has 1 rings (SSSR count). The summed E-state index contributed by atoms with van der Waals surface area (Å²) in [4.78, 5) is 5.37. The lowest BCUT2D eigenvalue weighted by molar-refractivity contribution is -0.138. The van der Waals surface area contributed by atoms with E-state index in [4.69, 9.17) is 4.84 Å². The number of alkyl halides is 3. The van der Waals surface area contributed by atoms with E-state index in [1.54, 1.807) is 63.2 Å². The second-order valence-corrected chi connectivity index (χ2v) is 6.71. The summed E-state index contributed by atoms with van der Waals surface area (Å²) in [5.74, 6) is 0. The zero-order chi connectivity index (χ0) is 19.1. The maximum absolute atomic E-state index is 12.5. The Bertz CT molecular complexity index is 663. The minimum atomic E-state index is -4.44. The predicted molar refractivity (Wildman–Crippen MR) is 87.4 cm³/mol. The fourth-order valence-electron chi connectivity index (χ4n) is 1.95. The monoisotopic (exact) mass is 351 g/mol. The molecule has 0 spiro atoms. The molecule has 0 bridgehead atoms. The fraction of sp³-hybridized carbons (Fsp3) is 0.500. The van der Waals surface area contributed by atoms with Crippen LogP contribution in [0.3, 0.4) is 0 Å². The zero-order valence-electron chi connectivity index (χ0n) is 14.4. The molecule has 0 heterocycles. The van der Waals surface area contributed by atoms with E-state index in [2.05, 4.69) is 5.16 Å². The zero-order valence-corrected chi connectivity index (χ0v) is 14.4. The highest BCUT2D eigenvalue weighted by Gasteiger charge is 2.38. The molecule has 4 nitrogen and oxygen atoms in total. The van der Waals surface area contributed by atoms with Gasteiger partial charge in [-0.2, -0.15) is 23.7 Å². The van der Waals surface area contributed by atoms with Gasteiger partial charge in [0.1, 0.15) is 11.0 Å². The van der Waals surface area contributed by atoms with Crippen molar-refractivity contribution in [3.05, 3.63) is 35.9 Å². The van der Waals surface area contributed by atoms with E-state index in [1.165, 1.54) is 0 Å². The molecule has 0 unspecified atom stereocenters. The van der Waals surface area contributed by atoms with Crippen LogP contribution in [0.5, 0.6) is 0 Å². The predicted octanol–water partition coefficient (Wildman–Crippen LogP) is 4.97. The molecule has 1 aromatic rings. The number of benzene rings is 1. The first-order valence-corrected chi connectivity index (χ1v) is 7.70. The maximum atomic E-state index is 12.5. The van der Waals surface area contributed by atoms with E-state index in [1.807, 2.05) is 0 Å². The molecule has 0 aliphatic heterocycles. The van der Waals surface area contributed by atoms with Crippen molar-refractivity contribution >= 4 is 5.71 Å².